The van der Waals surface area contributed by atoms with Gasteiger partial charge < -0.3 is 9.47 Å². The summed E-state index contributed by atoms with van der Waals surface area (Å²) < 4.78 is 11.6. The highest BCUT2D eigenvalue weighted by molar-refractivity contribution is 6.05. The van der Waals surface area contributed by atoms with Crippen LogP contribution in [0.15, 0.2) is 18.2 Å². The molecule has 0 N–H and O–H groups in total. The van der Waals surface area contributed by atoms with Crippen molar-refractivity contribution in [2.24, 2.45) is 0 Å². The number of para-hydroxylation sites is 1. The molecule has 1 aromatic rings. The fourth-order valence-electron chi connectivity index (χ4n) is 2.93. The van der Waals surface area contributed by atoms with Crippen LogP contribution in [0, 0.1) is 0 Å². The Morgan fingerprint density at radius 1 is 1.30 bits per heavy atom. The average Bonchev–Trinajstić information content (AvgIpc) is 2.51. The lowest BCUT2D eigenvalue weighted by Crippen LogP contribution is -2.41. The summed E-state index contributed by atoms with van der Waals surface area (Å²) in [5.41, 5.74) is 1.10. The van der Waals surface area contributed by atoms with E-state index in [1.807, 2.05) is 39.0 Å². The number of carbonyl (C=O) groups is 1. The van der Waals surface area contributed by atoms with E-state index in [-0.39, 0.29) is 5.78 Å². The summed E-state index contributed by atoms with van der Waals surface area (Å²) in [6, 6.07) is 5.86. The monoisotopic (exact) mass is 276 g/mol. The molecule has 1 aliphatic heterocycles. The first-order chi connectivity index (χ1) is 9.68. The first-order valence-electron chi connectivity index (χ1n) is 7.62. The predicted octanol–water partition coefficient (Wildman–Crippen LogP) is 3.79. The lowest BCUT2D eigenvalue weighted by molar-refractivity contribution is -0.0252. The largest absolute Gasteiger partial charge is 0.493 e. The molecule has 3 nitrogen and oxygen atoms in total. The van der Waals surface area contributed by atoms with E-state index < -0.39 is 5.60 Å². The van der Waals surface area contributed by atoms with Crippen LogP contribution < -0.4 is 4.74 Å². The van der Waals surface area contributed by atoms with Crippen molar-refractivity contribution < 1.29 is 14.3 Å². The molecule has 20 heavy (non-hydrogen) atoms. The fraction of sp³-hybridized carbons (Fsp3) is 0.588. The molecular formula is C17H24O3. The van der Waals surface area contributed by atoms with Gasteiger partial charge in [0.05, 0.1) is 12.2 Å². The highest BCUT2D eigenvalue weighted by Gasteiger charge is 2.38. The van der Waals surface area contributed by atoms with Crippen LogP contribution in [0.5, 0.6) is 5.75 Å². The van der Waals surface area contributed by atoms with E-state index in [2.05, 4.69) is 0 Å². The van der Waals surface area contributed by atoms with Gasteiger partial charge in [0.15, 0.2) is 5.78 Å². The Morgan fingerprint density at radius 3 is 2.70 bits per heavy atom. The topological polar surface area (TPSA) is 35.5 Å². The van der Waals surface area contributed by atoms with Crippen molar-refractivity contribution in [2.45, 2.75) is 52.1 Å². The second-order valence-electron chi connectivity index (χ2n) is 5.21. The SMILES string of the molecule is CCOC(CC)(CC)C(=O)c1cccc2c1OCCC2. The Balaban J connectivity index is 2.42. The number of rotatable bonds is 6. The number of fused-ring (bicyclic) bond motifs is 1. The minimum atomic E-state index is -0.718. The van der Waals surface area contributed by atoms with Crippen LogP contribution in [0.2, 0.25) is 0 Å². The van der Waals surface area contributed by atoms with E-state index in [4.69, 9.17) is 9.47 Å². The van der Waals surface area contributed by atoms with Crippen LogP contribution in [-0.4, -0.2) is 24.6 Å². The summed E-state index contributed by atoms with van der Waals surface area (Å²) in [6.07, 6.45) is 3.36. The molecule has 0 saturated carbocycles. The maximum absolute atomic E-state index is 13.0. The molecule has 1 aliphatic rings. The molecule has 2 rings (SSSR count). The van der Waals surface area contributed by atoms with Crippen molar-refractivity contribution >= 4 is 5.78 Å². The van der Waals surface area contributed by atoms with E-state index in [0.717, 1.165) is 24.2 Å². The summed E-state index contributed by atoms with van der Waals surface area (Å²) >= 11 is 0. The Kier molecular flexibility index (Phi) is 4.81. The summed E-state index contributed by atoms with van der Waals surface area (Å²) in [5.74, 6) is 0.831. The molecule has 0 spiro atoms. The zero-order chi connectivity index (χ0) is 14.6. The molecule has 3 heteroatoms. The van der Waals surface area contributed by atoms with E-state index in [0.29, 0.717) is 31.6 Å². The molecule has 0 atom stereocenters. The van der Waals surface area contributed by atoms with E-state index in [9.17, 15) is 4.79 Å². The summed E-state index contributed by atoms with van der Waals surface area (Å²) in [7, 11) is 0. The maximum atomic E-state index is 13.0. The van der Waals surface area contributed by atoms with Crippen molar-refractivity contribution in [3.05, 3.63) is 29.3 Å². The van der Waals surface area contributed by atoms with Crippen LogP contribution >= 0.6 is 0 Å². The van der Waals surface area contributed by atoms with Gasteiger partial charge in [-0.05, 0) is 44.2 Å². The zero-order valence-electron chi connectivity index (χ0n) is 12.7. The second kappa shape index (κ2) is 6.40. The standard InChI is InChI=1S/C17H24O3/c1-4-17(5-2,20-6-3)16(18)14-11-7-9-13-10-8-12-19-15(13)14/h7,9,11H,4-6,8,10,12H2,1-3H3. The van der Waals surface area contributed by atoms with Gasteiger partial charge in [-0.3, -0.25) is 4.79 Å². The van der Waals surface area contributed by atoms with Crippen molar-refractivity contribution in [2.75, 3.05) is 13.2 Å². The first-order valence-corrected chi connectivity index (χ1v) is 7.62. The molecular weight excluding hydrogens is 252 g/mol. The van der Waals surface area contributed by atoms with Gasteiger partial charge in [0, 0.05) is 6.61 Å². The highest BCUT2D eigenvalue weighted by atomic mass is 16.5. The molecule has 0 saturated heterocycles. The van der Waals surface area contributed by atoms with Crippen molar-refractivity contribution in [3.8, 4) is 5.75 Å². The first kappa shape index (κ1) is 15.0. The van der Waals surface area contributed by atoms with Crippen LogP contribution in [-0.2, 0) is 11.2 Å². The third-order valence-corrected chi connectivity index (χ3v) is 4.15. The second-order valence-corrected chi connectivity index (χ2v) is 5.21. The Hall–Kier alpha value is -1.35. The predicted molar refractivity (Wildman–Crippen MR) is 79.5 cm³/mol. The molecule has 110 valence electrons. The van der Waals surface area contributed by atoms with Crippen LogP contribution in [0.3, 0.4) is 0 Å². The minimum Gasteiger partial charge on any atom is -0.493 e. The summed E-state index contributed by atoms with van der Waals surface area (Å²) in [5, 5.41) is 0. The Labute approximate surface area is 121 Å². The normalized spacial score (nSPS) is 14.6. The van der Waals surface area contributed by atoms with Gasteiger partial charge in [0.1, 0.15) is 11.4 Å². The number of hydrogen-bond donors (Lipinski definition) is 0. The number of hydrogen-bond acceptors (Lipinski definition) is 3. The molecule has 0 unspecified atom stereocenters. The number of benzene rings is 1. The number of carbonyl (C=O) groups excluding carboxylic acids is 1. The third-order valence-electron chi connectivity index (χ3n) is 4.15. The van der Waals surface area contributed by atoms with Gasteiger partial charge in [-0.1, -0.05) is 26.0 Å². The van der Waals surface area contributed by atoms with Gasteiger partial charge >= 0.3 is 0 Å². The Morgan fingerprint density at radius 2 is 2.05 bits per heavy atom. The van der Waals surface area contributed by atoms with Crippen molar-refractivity contribution in [1.29, 1.82) is 0 Å². The molecule has 0 bridgehead atoms. The number of ether oxygens (including phenoxy) is 2. The van der Waals surface area contributed by atoms with Crippen molar-refractivity contribution in [3.63, 3.8) is 0 Å². The molecule has 0 amide bonds. The number of Topliss-reactive ketones (excluding diaryl/α,β-unsaturated/α-hetero) is 1. The van der Waals surface area contributed by atoms with Gasteiger partial charge in [-0.2, -0.15) is 0 Å². The van der Waals surface area contributed by atoms with Crippen LogP contribution in [0.25, 0.3) is 0 Å². The van der Waals surface area contributed by atoms with Gasteiger partial charge in [-0.15, -0.1) is 0 Å². The highest BCUT2D eigenvalue weighted by Crippen LogP contribution is 2.34. The summed E-state index contributed by atoms with van der Waals surface area (Å²) in [4.78, 5) is 13.0. The molecule has 0 radical (unpaired) electrons. The van der Waals surface area contributed by atoms with Gasteiger partial charge in [-0.25, -0.2) is 0 Å². The third kappa shape index (κ3) is 2.59. The summed E-state index contributed by atoms with van der Waals surface area (Å²) in [6.45, 7) is 7.19. The van der Waals surface area contributed by atoms with E-state index in [1.54, 1.807) is 0 Å². The number of aryl methyl sites for hydroxylation is 1. The van der Waals surface area contributed by atoms with Gasteiger partial charge in [0.2, 0.25) is 0 Å². The van der Waals surface area contributed by atoms with Crippen LogP contribution in [0.4, 0.5) is 0 Å². The quantitative estimate of drug-likeness (QED) is 0.742. The van der Waals surface area contributed by atoms with E-state index in [1.165, 1.54) is 0 Å². The Bertz CT molecular complexity index is 475. The van der Waals surface area contributed by atoms with Crippen LogP contribution in [0.1, 0.15) is 56.0 Å². The lowest BCUT2D eigenvalue weighted by atomic mass is 9.86. The minimum absolute atomic E-state index is 0.0584. The van der Waals surface area contributed by atoms with Crippen molar-refractivity contribution in [1.82, 2.24) is 0 Å². The average molecular weight is 276 g/mol. The zero-order valence-corrected chi connectivity index (χ0v) is 12.7. The number of ketones is 1. The van der Waals surface area contributed by atoms with Gasteiger partial charge in [0.25, 0.3) is 0 Å². The molecule has 1 aromatic carbocycles. The molecule has 1 heterocycles. The maximum Gasteiger partial charge on any atom is 0.198 e. The molecule has 0 fully saturated rings. The fourth-order valence-corrected chi connectivity index (χ4v) is 2.93. The van der Waals surface area contributed by atoms with E-state index >= 15 is 0 Å². The lowest BCUT2D eigenvalue weighted by Gasteiger charge is -2.31. The smallest absolute Gasteiger partial charge is 0.198 e. The molecule has 0 aromatic heterocycles. The molecule has 0 aliphatic carbocycles.